The zero-order valence-corrected chi connectivity index (χ0v) is 16.2. The van der Waals surface area contributed by atoms with E-state index in [9.17, 15) is 5.11 Å². The van der Waals surface area contributed by atoms with Crippen LogP contribution in [0.1, 0.15) is 44.1 Å². The molecule has 3 aliphatic rings. The van der Waals surface area contributed by atoms with E-state index in [4.69, 9.17) is 0 Å². The van der Waals surface area contributed by atoms with E-state index in [0.29, 0.717) is 6.04 Å². The average molecular weight is 359 g/mol. The Hall–Kier alpha value is -0.980. The van der Waals surface area contributed by atoms with Crippen molar-refractivity contribution in [2.75, 3.05) is 33.7 Å². The second-order valence-corrected chi connectivity index (χ2v) is 8.74. The molecule has 1 aromatic carbocycles. The first kappa shape index (κ1) is 18.4. The molecule has 0 radical (unpaired) electrons. The lowest BCUT2D eigenvalue weighted by Gasteiger charge is -2.49. The van der Waals surface area contributed by atoms with Crippen molar-refractivity contribution in [2.45, 2.75) is 62.0 Å². The summed E-state index contributed by atoms with van der Waals surface area (Å²) < 4.78 is 0. The van der Waals surface area contributed by atoms with E-state index in [2.05, 4.69) is 64.9 Å². The summed E-state index contributed by atoms with van der Waals surface area (Å²) in [5.74, 6) is 0. The van der Waals surface area contributed by atoms with Crippen molar-refractivity contribution < 1.29 is 5.11 Å². The topological polar surface area (TPSA) is 50.8 Å². The van der Waals surface area contributed by atoms with Crippen LogP contribution in [0.25, 0.3) is 0 Å². The third-order valence-electron chi connectivity index (χ3n) is 7.21. The standard InChI is InChI=1S/C21H34N4O/c1-24(2)21(17-6-4-3-5-7-17)12-10-20(11-13-21)16-25(19(26)23-20)18-8-14-22-15-9-18/h3-7,18-19,22-23,26H,8-16H2,1-2H3/t19?,20-,21+. The van der Waals surface area contributed by atoms with Gasteiger partial charge in [0.25, 0.3) is 0 Å². The van der Waals surface area contributed by atoms with Crippen LogP contribution in [0.2, 0.25) is 0 Å². The highest BCUT2D eigenvalue weighted by Crippen LogP contribution is 2.46. The highest BCUT2D eigenvalue weighted by atomic mass is 16.3. The van der Waals surface area contributed by atoms with Crippen LogP contribution in [0.5, 0.6) is 0 Å². The largest absolute Gasteiger partial charge is 0.365 e. The number of hydrogen-bond acceptors (Lipinski definition) is 5. The fraction of sp³-hybridized carbons (Fsp3) is 0.714. The Labute approximate surface area is 157 Å². The molecule has 1 atom stereocenters. The number of aliphatic hydroxyl groups excluding tert-OH is 1. The summed E-state index contributed by atoms with van der Waals surface area (Å²) in [5.41, 5.74) is 1.61. The van der Waals surface area contributed by atoms with Crippen molar-refractivity contribution in [3.8, 4) is 0 Å². The maximum atomic E-state index is 10.7. The maximum Gasteiger partial charge on any atom is 0.163 e. The second kappa shape index (κ2) is 7.21. The Morgan fingerprint density at radius 3 is 2.31 bits per heavy atom. The van der Waals surface area contributed by atoms with Gasteiger partial charge in [0.15, 0.2) is 6.35 Å². The number of aliphatic hydroxyl groups is 1. The van der Waals surface area contributed by atoms with Gasteiger partial charge >= 0.3 is 0 Å². The van der Waals surface area contributed by atoms with E-state index in [1.807, 2.05) is 0 Å². The van der Waals surface area contributed by atoms with Gasteiger partial charge in [-0.2, -0.15) is 0 Å². The smallest absolute Gasteiger partial charge is 0.163 e. The minimum Gasteiger partial charge on any atom is -0.365 e. The molecule has 1 unspecified atom stereocenters. The molecular weight excluding hydrogens is 324 g/mol. The number of rotatable bonds is 3. The Kier molecular flexibility index (Phi) is 5.10. The maximum absolute atomic E-state index is 10.7. The normalized spacial score (nSPS) is 36.8. The van der Waals surface area contributed by atoms with Crippen LogP contribution < -0.4 is 10.6 Å². The van der Waals surface area contributed by atoms with Gasteiger partial charge < -0.3 is 10.4 Å². The summed E-state index contributed by atoms with van der Waals surface area (Å²) in [4.78, 5) is 4.73. The summed E-state index contributed by atoms with van der Waals surface area (Å²) in [6, 6.07) is 11.5. The monoisotopic (exact) mass is 358 g/mol. The van der Waals surface area contributed by atoms with Crippen molar-refractivity contribution in [2.24, 2.45) is 0 Å². The van der Waals surface area contributed by atoms with E-state index in [-0.39, 0.29) is 11.1 Å². The zero-order valence-electron chi connectivity index (χ0n) is 16.2. The lowest BCUT2D eigenvalue weighted by Crippen LogP contribution is -2.54. The predicted molar refractivity (Wildman–Crippen MR) is 105 cm³/mol. The molecule has 2 heterocycles. The molecule has 5 nitrogen and oxygen atoms in total. The lowest BCUT2D eigenvalue weighted by atomic mass is 9.69. The first-order valence-corrected chi connectivity index (χ1v) is 10.2. The van der Waals surface area contributed by atoms with E-state index in [1.54, 1.807) is 0 Å². The molecule has 144 valence electrons. The number of nitrogens with zero attached hydrogens (tertiary/aromatic N) is 2. The first-order chi connectivity index (χ1) is 12.5. The van der Waals surface area contributed by atoms with Gasteiger partial charge in [-0.15, -0.1) is 0 Å². The molecular formula is C21H34N4O. The zero-order chi connectivity index (χ0) is 18.2. The minimum atomic E-state index is -0.485. The Morgan fingerprint density at radius 1 is 1.04 bits per heavy atom. The summed E-state index contributed by atoms with van der Waals surface area (Å²) >= 11 is 0. The molecule has 3 fully saturated rings. The highest BCUT2D eigenvalue weighted by molar-refractivity contribution is 5.26. The molecule has 0 aromatic heterocycles. The molecule has 26 heavy (non-hydrogen) atoms. The number of hydrogen-bond donors (Lipinski definition) is 3. The number of piperidine rings is 1. The molecule has 3 N–H and O–H groups in total. The van der Waals surface area contributed by atoms with E-state index in [0.717, 1.165) is 58.2 Å². The minimum absolute atomic E-state index is 0.0680. The average Bonchev–Trinajstić information content (AvgIpc) is 3.00. The van der Waals surface area contributed by atoms with Gasteiger partial charge in [0.1, 0.15) is 0 Å². The number of nitrogens with one attached hydrogen (secondary N) is 2. The van der Waals surface area contributed by atoms with Crippen molar-refractivity contribution in [3.63, 3.8) is 0 Å². The molecule has 1 saturated carbocycles. The third-order valence-corrected chi connectivity index (χ3v) is 7.21. The molecule has 0 bridgehead atoms. The SMILES string of the molecule is CN(C)[C@]1(c2ccccc2)CC[C@]2(CC1)CN(C1CCNCC1)C(O)N2. The van der Waals surface area contributed by atoms with E-state index >= 15 is 0 Å². The fourth-order valence-corrected chi connectivity index (χ4v) is 5.49. The van der Waals surface area contributed by atoms with Gasteiger partial charge in [-0.1, -0.05) is 30.3 Å². The Bertz CT molecular complexity index is 591. The van der Waals surface area contributed by atoms with Crippen LogP contribution in [-0.2, 0) is 5.54 Å². The summed E-state index contributed by atoms with van der Waals surface area (Å²) in [7, 11) is 4.42. The van der Waals surface area contributed by atoms with Crippen molar-refractivity contribution in [3.05, 3.63) is 35.9 Å². The molecule has 4 rings (SSSR count). The van der Waals surface area contributed by atoms with Crippen LogP contribution in [0.4, 0.5) is 0 Å². The summed E-state index contributed by atoms with van der Waals surface area (Å²) in [6.45, 7) is 3.12. The van der Waals surface area contributed by atoms with Crippen LogP contribution in [-0.4, -0.2) is 66.6 Å². The van der Waals surface area contributed by atoms with Gasteiger partial charge in [-0.05, 0) is 71.3 Å². The lowest BCUT2D eigenvalue weighted by molar-refractivity contribution is -0.0142. The number of benzene rings is 1. The third kappa shape index (κ3) is 3.20. The molecule has 2 aliphatic heterocycles. The molecule has 1 aliphatic carbocycles. The molecule has 0 amide bonds. The molecule has 2 saturated heterocycles. The van der Waals surface area contributed by atoms with Crippen LogP contribution in [0.3, 0.4) is 0 Å². The Morgan fingerprint density at radius 2 is 1.69 bits per heavy atom. The van der Waals surface area contributed by atoms with Crippen molar-refractivity contribution in [1.82, 2.24) is 20.4 Å². The fourth-order valence-electron chi connectivity index (χ4n) is 5.49. The first-order valence-electron chi connectivity index (χ1n) is 10.2. The second-order valence-electron chi connectivity index (χ2n) is 8.74. The Balaban J connectivity index is 1.48. The summed E-state index contributed by atoms with van der Waals surface area (Å²) in [5, 5.41) is 17.7. The van der Waals surface area contributed by atoms with Crippen LogP contribution in [0.15, 0.2) is 30.3 Å². The van der Waals surface area contributed by atoms with Crippen LogP contribution in [0, 0.1) is 0 Å². The van der Waals surface area contributed by atoms with Gasteiger partial charge in [-0.25, -0.2) is 0 Å². The van der Waals surface area contributed by atoms with E-state index < -0.39 is 6.35 Å². The molecule has 1 spiro atoms. The molecule has 5 heteroatoms. The van der Waals surface area contributed by atoms with Gasteiger partial charge in [0, 0.05) is 23.7 Å². The van der Waals surface area contributed by atoms with Gasteiger partial charge in [0.05, 0.1) is 0 Å². The van der Waals surface area contributed by atoms with E-state index in [1.165, 1.54) is 5.56 Å². The molecule has 1 aromatic rings. The van der Waals surface area contributed by atoms with Crippen molar-refractivity contribution >= 4 is 0 Å². The van der Waals surface area contributed by atoms with Gasteiger partial charge in [-0.3, -0.25) is 15.1 Å². The quantitative estimate of drug-likeness (QED) is 0.768. The van der Waals surface area contributed by atoms with Gasteiger partial charge in [0.2, 0.25) is 0 Å². The highest BCUT2D eigenvalue weighted by Gasteiger charge is 2.51. The summed E-state index contributed by atoms with van der Waals surface area (Å²) in [6.07, 6.45) is 6.27. The van der Waals surface area contributed by atoms with Crippen LogP contribution >= 0.6 is 0 Å². The van der Waals surface area contributed by atoms with Crippen molar-refractivity contribution in [1.29, 1.82) is 0 Å². The predicted octanol–water partition coefficient (Wildman–Crippen LogP) is 1.69.